The molecule has 5 heteroatoms. The van der Waals surface area contributed by atoms with Crippen molar-refractivity contribution < 1.29 is 9.67 Å². The second kappa shape index (κ2) is 6.50. The molecule has 23 heavy (non-hydrogen) atoms. The normalized spacial score (nSPS) is 12.5. The summed E-state index contributed by atoms with van der Waals surface area (Å²) in [6.07, 6.45) is 1.04. The molecule has 0 aliphatic carbocycles. The molecule has 1 aromatic heterocycles. The topological polar surface area (TPSA) is 51.9 Å². The predicted molar refractivity (Wildman–Crippen MR) is 93.9 cm³/mol. The number of aromatic nitrogens is 2. The number of H-pyrrole nitrogens is 1. The van der Waals surface area contributed by atoms with Gasteiger partial charge in [-0.3, -0.25) is 5.32 Å². The van der Waals surface area contributed by atoms with Gasteiger partial charge in [-0.25, -0.2) is 9.55 Å². The van der Waals surface area contributed by atoms with Crippen LogP contribution in [-0.2, 0) is 6.54 Å². The lowest BCUT2D eigenvalue weighted by Crippen LogP contribution is -2.36. The molecule has 0 radical (unpaired) electrons. The number of aromatic hydroxyl groups is 1. The Kier molecular flexibility index (Phi) is 4.44. The number of rotatable bonds is 5. The zero-order valence-electron chi connectivity index (χ0n) is 13.3. The highest BCUT2D eigenvalue weighted by molar-refractivity contribution is 6.30. The standard InChI is InChI=1S/C18H20ClN3O/c1-3-10-22-16-7-5-4-6-15(16)21-18(22)20-12(2)14-11-13(19)8-9-17(14)23/h4-9,11-12H,3,10H2,1-2H3,(H2,20,21,23)/p+1. The molecule has 3 N–H and O–H groups in total. The molecule has 0 spiro atoms. The van der Waals surface area contributed by atoms with Crippen LogP contribution in [0, 0.1) is 0 Å². The van der Waals surface area contributed by atoms with Crippen LogP contribution in [0.1, 0.15) is 31.9 Å². The Labute approximate surface area is 140 Å². The molecule has 4 nitrogen and oxygen atoms in total. The van der Waals surface area contributed by atoms with E-state index >= 15 is 0 Å². The largest absolute Gasteiger partial charge is 0.508 e. The first-order chi connectivity index (χ1) is 11.1. The van der Waals surface area contributed by atoms with E-state index in [2.05, 4.69) is 33.9 Å². The smallest absolute Gasteiger partial charge is 0.356 e. The number of aromatic amines is 1. The van der Waals surface area contributed by atoms with E-state index in [9.17, 15) is 5.11 Å². The summed E-state index contributed by atoms with van der Waals surface area (Å²) in [5.41, 5.74) is 3.03. The van der Waals surface area contributed by atoms with Gasteiger partial charge in [-0.15, -0.1) is 0 Å². The molecule has 1 unspecified atom stereocenters. The van der Waals surface area contributed by atoms with E-state index in [1.165, 1.54) is 5.52 Å². The molecule has 0 fully saturated rings. The average Bonchev–Trinajstić information content (AvgIpc) is 2.88. The van der Waals surface area contributed by atoms with Gasteiger partial charge in [0.25, 0.3) is 0 Å². The third kappa shape index (κ3) is 3.13. The van der Waals surface area contributed by atoms with Crippen molar-refractivity contribution in [1.82, 2.24) is 4.98 Å². The van der Waals surface area contributed by atoms with Crippen LogP contribution in [0.2, 0.25) is 5.02 Å². The summed E-state index contributed by atoms with van der Waals surface area (Å²) in [6.45, 7) is 5.08. The first-order valence-corrected chi connectivity index (χ1v) is 8.23. The third-order valence-electron chi connectivity index (χ3n) is 3.97. The Bertz CT molecular complexity index is 828. The molecule has 0 amide bonds. The molecule has 0 bridgehead atoms. The van der Waals surface area contributed by atoms with E-state index < -0.39 is 0 Å². The third-order valence-corrected chi connectivity index (χ3v) is 4.21. The van der Waals surface area contributed by atoms with Crippen molar-refractivity contribution in [3.8, 4) is 5.75 Å². The molecular formula is C18H21ClN3O+. The Morgan fingerprint density at radius 3 is 2.83 bits per heavy atom. The maximum atomic E-state index is 10.1. The lowest BCUT2D eigenvalue weighted by Gasteiger charge is -2.13. The SMILES string of the molecule is CCC[n+]1c(NC(C)c2cc(Cl)ccc2O)[nH]c2ccccc21. The average molecular weight is 331 g/mol. The molecule has 0 aliphatic heterocycles. The van der Waals surface area contributed by atoms with Gasteiger partial charge >= 0.3 is 5.95 Å². The van der Waals surface area contributed by atoms with Crippen molar-refractivity contribution in [2.45, 2.75) is 32.9 Å². The fraction of sp³-hybridized carbons (Fsp3) is 0.278. The van der Waals surface area contributed by atoms with Crippen LogP contribution in [-0.4, -0.2) is 10.1 Å². The molecular weight excluding hydrogens is 310 g/mol. The summed E-state index contributed by atoms with van der Waals surface area (Å²) in [7, 11) is 0. The number of hydrogen-bond donors (Lipinski definition) is 3. The molecule has 2 aromatic carbocycles. The molecule has 1 heterocycles. The van der Waals surface area contributed by atoms with E-state index in [-0.39, 0.29) is 11.8 Å². The number of fused-ring (bicyclic) bond motifs is 1. The number of para-hydroxylation sites is 2. The molecule has 0 saturated heterocycles. The Balaban J connectivity index is 1.97. The number of anilines is 1. The summed E-state index contributed by atoms with van der Waals surface area (Å²) in [5.74, 6) is 1.17. The van der Waals surface area contributed by atoms with Gasteiger partial charge in [0.1, 0.15) is 22.8 Å². The Morgan fingerprint density at radius 2 is 2.04 bits per heavy atom. The molecule has 0 aliphatic rings. The minimum Gasteiger partial charge on any atom is -0.508 e. The zero-order valence-corrected chi connectivity index (χ0v) is 14.1. The van der Waals surface area contributed by atoms with E-state index in [4.69, 9.17) is 11.6 Å². The lowest BCUT2D eigenvalue weighted by atomic mass is 10.1. The van der Waals surface area contributed by atoms with E-state index in [1.807, 2.05) is 19.1 Å². The fourth-order valence-corrected chi connectivity index (χ4v) is 3.04. The summed E-state index contributed by atoms with van der Waals surface area (Å²) in [6, 6.07) is 13.3. The van der Waals surface area contributed by atoms with Crippen LogP contribution in [0.4, 0.5) is 5.95 Å². The quantitative estimate of drug-likeness (QED) is 0.607. The second-order valence-electron chi connectivity index (χ2n) is 5.71. The van der Waals surface area contributed by atoms with E-state index in [1.54, 1.807) is 18.2 Å². The number of imidazole rings is 1. The van der Waals surface area contributed by atoms with Crippen molar-refractivity contribution in [2.24, 2.45) is 0 Å². The maximum Gasteiger partial charge on any atom is 0.356 e. The van der Waals surface area contributed by atoms with Gasteiger partial charge in [-0.2, -0.15) is 0 Å². The van der Waals surface area contributed by atoms with Gasteiger partial charge in [0.2, 0.25) is 0 Å². The van der Waals surface area contributed by atoms with Crippen LogP contribution in [0.5, 0.6) is 5.75 Å². The highest BCUT2D eigenvalue weighted by atomic mass is 35.5. The van der Waals surface area contributed by atoms with Gasteiger partial charge in [0, 0.05) is 10.6 Å². The first kappa shape index (κ1) is 15.7. The molecule has 120 valence electrons. The minimum absolute atomic E-state index is 0.0788. The minimum atomic E-state index is -0.0788. The van der Waals surface area contributed by atoms with E-state index in [0.29, 0.717) is 5.02 Å². The van der Waals surface area contributed by atoms with Crippen molar-refractivity contribution in [1.29, 1.82) is 0 Å². The second-order valence-corrected chi connectivity index (χ2v) is 6.15. The summed E-state index contributed by atoms with van der Waals surface area (Å²) in [4.78, 5) is 3.42. The number of hydrogen-bond acceptors (Lipinski definition) is 2. The maximum absolute atomic E-state index is 10.1. The first-order valence-electron chi connectivity index (χ1n) is 7.85. The number of nitrogens with zero attached hydrogens (tertiary/aromatic N) is 1. The molecule has 1 atom stereocenters. The number of halogens is 1. The van der Waals surface area contributed by atoms with Gasteiger partial charge in [-0.1, -0.05) is 30.7 Å². The van der Waals surface area contributed by atoms with Crippen molar-refractivity contribution in [3.63, 3.8) is 0 Å². The van der Waals surface area contributed by atoms with Crippen LogP contribution >= 0.6 is 11.6 Å². The highest BCUT2D eigenvalue weighted by Gasteiger charge is 2.21. The zero-order chi connectivity index (χ0) is 16.4. The number of phenolic OH excluding ortho intramolecular Hbond substituents is 1. The van der Waals surface area contributed by atoms with E-state index in [0.717, 1.165) is 30.0 Å². The van der Waals surface area contributed by atoms with Gasteiger partial charge in [0.05, 0.1) is 6.54 Å². The number of benzene rings is 2. The van der Waals surface area contributed by atoms with Gasteiger partial charge < -0.3 is 5.11 Å². The predicted octanol–water partition coefficient (Wildman–Crippen LogP) is 4.40. The van der Waals surface area contributed by atoms with Crippen LogP contribution in [0.15, 0.2) is 42.5 Å². The molecule has 3 aromatic rings. The monoisotopic (exact) mass is 330 g/mol. The van der Waals surface area contributed by atoms with Crippen LogP contribution < -0.4 is 9.88 Å². The summed E-state index contributed by atoms with van der Waals surface area (Å²) >= 11 is 6.06. The van der Waals surface area contributed by atoms with Gasteiger partial charge in [-0.05, 0) is 43.7 Å². The van der Waals surface area contributed by atoms with Crippen molar-refractivity contribution in [2.75, 3.05) is 5.32 Å². The summed E-state index contributed by atoms with van der Waals surface area (Å²) in [5, 5.41) is 14.2. The Hall–Kier alpha value is -2.20. The fourth-order valence-electron chi connectivity index (χ4n) is 2.86. The number of phenols is 1. The van der Waals surface area contributed by atoms with Crippen LogP contribution in [0.25, 0.3) is 11.0 Å². The van der Waals surface area contributed by atoms with Crippen molar-refractivity contribution >= 4 is 28.6 Å². The Morgan fingerprint density at radius 1 is 1.26 bits per heavy atom. The van der Waals surface area contributed by atoms with Gasteiger partial charge in [0.15, 0.2) is 0 Å². The number of aryl methyl sites for hydroxylation is 1. The van der Waals surface area contributed by atoms with Crippen molar-refractivity contribution in [3.05, 3.63) is 53.1 Å². The molecule has 0 saturated carbocycles. The summed E-state index contributed by atoms with van der Waals surface area (Å²) < 4.78 is 2.23. The van der Waals surface area contributed by atoms with Crippen LogP contribution in [0.3, 0.4) is 0 Å². The number of nitrogens with one attached hydrogen (secondary N) is 2. The highest BCUT2D eigenvalue weighted by Crippen LogP contribution is 2.29. The lowest BCUT2D eigenvalue weighted by molar-refractivity contribution is -0.657. The molecule has 3 rings (SSSR count).